The van der Waals surface area contributed by atoms with E-state index >= 15 is 0 Å². The molecule has 0 atom stereocenters. The molecule has 1 rings (SSSR count). The fraction of sp³-hybridized carbons (Fsp3) is 0.700. The molecule has 0 bridgehead atoms. The van der Waals surface area contributed by atoms with E-state index < -0.39 is 0 Å². The van der Waals surface area contributed by atoms with Gasteiger partial charge in [-0.15, -0.1) is 0 Å². The maximum Gasteiger partial charge on any atom is 0.122 e. The van der Waals surface area contributed by atoms with Crippen LogP contribution in [0.5, 0.6) is 11.5 Å². The van der Waals surface area contributed by atoms with Crippen LogP contribution in [0.2, 0.25) is 0 Å². The van der Waals surface area contributed by atoms with E-state index in [9.17, 15) is 10.2 Å². The van der Waals surface area contributed by atoms with Crippen LogP contribution in [0.15, 0.2) is 12.1 Å². The fourth-order valence-electron chi connectivity index (χ4n) is 2.76. The molecule has 0 unspecified atom stereocenters. The second-order valence-corrected chi connectivity index (χ2v) is 11.0. The van der Waals surface area contributed by atoms with Crippen LogP contribution in [-0.2, 0) is 12.8 Å². The molecule has 0 saturated carbocycles. The highest BCUT2D eigenvalue weighted by molar-refractivity contribution is 14.1. The Morgan fingerprint density at radius 2 is 1.39 bits per heavy atom. The summed E-state index contributed by atoms with van der Waals surface area (Å²) in [5, 5.41) is 20.5. The summed E-state index contributed by atoms with van der Waals surface area (Å²) in [6, 6.07) is 3.44. The van der Waals surface area contributed by atoms with Crippen molar-refractivity contribution in [2.45, 2.75) is 83.0 Å². The first-order valence-corrected chi connectivity index (χ1v) is 9.84. The first-order chi connectivity index (χ1) is 10.5. The van der Waals surface area contributed by atoms with Crippen molar-refractivity contribution in [1.82, 2.24) is 0 Å². The Morgan fingerprint density at radius 3 is 1.83 bits per heavy atom. The minimum absolute atomic E-state index is 0.274. The molecule has 132 valence electrons. The average Bonchev–Trinajstić information content (AvgIpc) is 2.42. The van der Waals surface area contributed by atoms with Crippen molar-refractivity contribution < 1.29 is 10.2 Å². The maximum absolute atomic E-state index is 10.5. The van der Waals surface area contributed by atoms with Crippen LogP contribution in [0.3, 0.4) is 0 Å². The Hall–Kier alpha value is -0.450. The average molecular weight is 432 g/mol. The highest BCUT2D eigenvalue weighted by atomic mass is 127. The number of aromatic hydroxyl groups is 2. The summed E-state index contributed by atoms with van der Waals surface area (Å²) >= 11 is 2.46. The van der Waals surface area contributed by atoms with E-state index in [1.807, 2.05) is 0 Å². The SMILES string of the molecule is CCC(C)(C)CCCc1cc(O)cc(CCCC(C)(C)I)c1O. The number of alkyl halides is 1. The van der Waals surface area contributed by atoms with Gasteiger partial charge in [-0.2, -0.15) is 0 Å². The maximum atomic E-state index is 10.5. The van der Waals surface area contributed by atoms with Gasteiger partial charge in [-0.3, -0.25) is 0 Å². The molecule has 0 aromatic heterocycles. The van der Waals surface area contributed by atoms with Gasteiger partial charge in [0.25, 0.3) is 0 Å². The van der Waals surface area contributed by atoms with Crippen LogP contribution in [0.4, 0.5) is 0 Å². The number of hydrogen-bond acceptors (Lipinski definition) is 2. The van der Waals surface area contributed by atoms with Crippen LogP contribution in [0.25, 0.3) is 0 Å². The summed E-state index contributed by atoms with van der Waals surface area (Å²) in [5.41, 5.74) is 2.12. The van der Waals surface area contributed by atoms with E-state index in [-0.39, 0.29) is 9.17 Å². The van der Waals surface area contributed by atoms with E-state index in [4.69, 9.17) is 0 Å². The van der Waals surface area contributed by atoms with Crippen molar-refractivity contribution in [2.75, 3.05) is 0 Å². The summed E-state index contributed by atoms with van der Waals surface area (Å²) < 4.78 is 0.277. The minimum atomic E-state index is 0.274. The number of aryl methyl sites for hydroxylation is 2. The van der Waals surface area contributed by atoms with Gasteiger partial charge in [-0.05, 0) is 67.2 Å². The molecule has 0 radical (unpaired) electrons. The van der Waals surface area contributed by atoms with Gasteiger partial charge < -0.3 is 10.2 Å². The zero-order valence-corrected chi connectivity index (χ0v) is 17.5. The predicted molar refractivity (Wildman–Crippen MR) is 108 cm³/mol. The molecule has 2 N–H and O–H groups in total. The Labute approximate surface area is 155 Å². The third kappa shape index (κ3) is 7.77. The standard InChI is InChI=1S/C20H33IO2/c1-6-19(2,3)11-7-9-15-13-17(22)14-16(18(15)23)10-8-12-20(4,5)21/h13-14,22-23H,6-12H2,1-5H3. The molecular weight excluding hydrogens is 399 g/mol. The third-order valence-corrected chi connectivity index (χ3v) is 5.27. The molecule has 0 aliphatic rings. The van der Waals surface area contributed by atoms with Crippen LogP contribution in [0.1, 0.15) is 77.8 Å². The van der Waals surface area contributed by atoms with Crippen LogP contribution in [-0.4, -0.2) is 13.6 Å². The summed E-state index contributed by atoms with van der Waals surface area (Å²) in [7, 11) is 0. The van der Waals surface area contributed by atoms with Gasteiger partial charge >= 0.3 is 0 Å². The molecule has 1 aromatic carbocycles. The Kier molecular flexibility index (Phi) is 7.69. The van der Waals surface area contributed by atoms with E-state index in [1.54, 1.807) is 12.1 Å². The molecule has 23 heavy (non-hydrogen) atoms. The van der Waals surface area contributed by atoms with Crippen molar-refractivity contribution in [2.24, 2.45) is 5.41 Å². The highest BCUT2D eigenvalue weighted by Gasteiger charge is 2.17. The summed E-state index contributed by atoms with van der Waals surface area (Å²) in [6.45, 7) is 11.2. The number of rotatable bonds is 9. The van der Waals surface area contributed by atoms with Crippen LogP contribution >= 0.6 is 22.6 Å². The van der Waals surface area contributed by atoms with E-state index in [2.05, 4.69) is 57.2 Å². The summed E-state index contributed by atoms with van der Waals surface area (Å²) in [5.74, 6) is 0.666. The molecule has 2 nitrogen and oxygen atoms in total. The molecule has 0 saturated heterocycles. The lowest BCUT2D eigenvalue weighted by Crippen LogP contribution is -2.10. The second-order valence-electron chi connectivity index (χ2n) is 8.06. The van der Waals surface area contributed by atoms with Gasteiger partial charge in [-0.1, -0.05) is 63.6 Å². The smallest absolute Gasteiger partial charge is 0.122 e. The lowest BCUT2D eigenvalue weighted by molar-refractivity contribution is 0.312. The zero-order valence-electron chi connectivity index (χ0n) is 15.4. The second kappa shape index (κ2) is 8.59. The first-order valence-electron chi connectivity index (χ1n) is 8.77. The van der Waals surface area contributed by atoms with E-state index in [0.717, 1.165) is 56.1 Å². The van der Waals surface area contributed by atoms with Gasteiger partial charge in [-0.25, -0.2) is 0 Å². The molecule has 3 heteroatoms. The molecule has 0 aliphatic heterocycles. The monoisotopic (exact) mass is 432 g/mol. The number of benzene rings is 1. The largest absolute Gasteiger partial charge is 0.508 e. The lowest BCUT2D eigenvalue weighted by atomic mass is 9.84. The quantitative estimate of drug-likeness (QED) is 0.270. The molecule has 0 aliphatic carbocycles. The molecule has 0 heterocycles. The van der Waals surface area contributed by atoms with Crippen molar-refractivity contribution in [1.29, 1.82) is 0 Å². The van der Waals surface area contributed by atoms with Crippen LogP contribution < -0.4 is 0 Å². The molecule has 0 fully saturated rings. The van der Waals surface area contributed by atoms with Gasteiger partial charge in [0, 0.05) is 3.42 Å². The summed E-state index contributed by atoms with van der Waals surface area (Å²) in [6.07, 6.45) is 7.11. The lowest BCUT2D eigenvalue weighted by Gasteiger charge is -2.22. The molecule has 0 spiro atoms. The third-order valence-electron chi connectivity index (χ3n) is 4.73. The molecular formula is C20H33IO2. The van der Waals surface area contributed by atoms with Crippen molar-refractivity contribution in [3.8, 4) is 11.5 Å². The van der Waals surface area contributed by atoms with Crippen molar-refractivity contribution in [3.05, 3.63) is 23.3 Å². The Morgan fingerprint density at radius 1 is 0.913 bits per heavy atom. The van der Waals surface area contributed by atoms with Gasteiger partial charge in [0.15, 0.2) is 0 Å². The minimum Gasteiger partial charge on any atom is -0.508 e. The Bertz CT molecular complexity index is 501. The van der Waals surface area contributed by atoms with Gasteiger partial charge in [0.2, 0.25) is 0 Å². The number of hydrogen-bond donors (Lipinski definition) is 2. The molecule has 1 aromatic rings. The normalized spacial score (nSPS) is 12.6. The number of phenols is 2. The van der Waals surface area contributed by atoms with Crippen molar-refractivity contribution in [3.63, 3.8) is 0 Å². The first kappa shape index (κ1) is 20.6. The number of halogens is 1. The van der Waals surface area contributed by atoms with E-state index in [1.165, 1.54) is 0 Å². The topological polar surface area (TPSA) is 40.5 Å². The van der Waals surface area contributed by atoms with Gasteiger partial charge in [0.1, 0.15) is 11.5 Å². The van der Waals surface area contributed by atoms with Gasteiger partial charge in [0.05, 0.1) is 0 Å². The summed E-state index contributed by atoms with van der Waals surface area (Å²) in [4.78, 5) is 0. The van der Waals surface area contributed by atoms with Crippen molar-refractivity contribution >= 4 is 22.6 Å². The zero-order chi connectivity index (χ0) is 17.7. The highest BCUT2D eigenvalue weighted by Crippen LogP contribution is 2.33. The van der Waals surface area contributed by atoms with Crippen LogP contribution in [0, 0.1) is 5.41 Å². The fourth-order valence-corrected chi connectivity index (χ4v) is 3.14. The Balaban J connectivity index is 2.70. The molecule has 0 amide bonds. The predicted octanol–water partition coefficient (Wildman–Crippen LogP) is 6.39. The van der Waals surface area contributed by atoms with E-state index in [0.29, 0.717) is 11.2 Å². The number of phenolic OH excluding ortho intramolecular Hbond substituents is 2.